The lowest BCUT2D eigenvalue weighted by atomic mass is 9.94. The zero-order valence-corrected chi connectivity index (χ0v) is 15.9. The fourth-order valence-corrected chi connectivity index (χ4v) is 3.50. The van der Waals surface area contributed by atoms with Crippen molar-refractivity contribution in [2.24, 2.45) is 0 Å². The van der Waals surface area contributed by atoms with Crippen LogP contribution in [0, 0.1) is 18.3 Å². The van der Waals surface area contributed by atoms with Crippen LogP contribution in [-0.2, 0) is 6.42 Å². The molecule has 0 radical (unpaired) electrons. The van der Waals surface area contributed by atoms with Crippen molar-refractivity contribution in [2.75, 3.05) is 6.61 Å². The first-order valence-electron chi connectivity index (χ1n) is 8.20. The molecule has 2 aromatic rings. The van der Waals surface area contributed by atoms with Crippen LogP contribution in [0.4, 0.5) is 0 Å². The number of rotatable bonds is 4. The molecule has 0 amide bonds. The Bertz CT molecular complexity index is 938. The van der Waals surface area contributed by atoms with Gasteiger partial charge in [-0.25, -0.2) is 4.79 Å². The molecule has 0 fully saturated rings. The van der Waals surface area contributed by atoms with Crippen LogP contribution in [0.15, 0.2) is 21.0 Å². The minimum absolute atomic E-state index is 0.0129. The van der Waals surface area contributed by atoms with Gasteiger partial charge in [-0.3, -0.25) is 4.79 Å². The Labute approximate surface area is 158 Å². The van der Waals surface area contributed by atoms with Gasteiger partial charge in [0.2, 0.25) is 5.76 Å². The van der Waals surface area contributed by atoms with Crippen LogP contribution in [0.1, 0.15) is 57.6 Å². The first-order chi connectivity index (χ1) is 12.5. The molecule has 6 nitrogen and oxygen atoms in total. The number of nitriles is 1. The van der Waals surface area contributed by atoms with Crippen LogP contribution in [0.25, 0.3) is 0 Å². The SMILES string of the molecule is CCOc1cc(C#N)cc(Br)c1OC(=O)c1oc2c(c1C)C(=O)CCC2. The summed E-state index contributed by atoms with van der Waals surface area (Å²) in [5.74, 6) is 0.267. The maximum Gasteiger partial charge on any atom is 0.380 e. The molecule has 0 saturated heterocycles. The van der Waals surface area contributed by atoms with Crippen LogP contribution < -0.4 is 9.47 Å². The van der Waals surface area contributed by atoms with Gasteiger partial charge in [0, 0.05) is 24.5 Å². The molecule has 7 heteroatoms. The van der Waals surface area contributed by atoms with E-state index in [0.717, 1.165) is 0 Å². The number of ether oxygens (including phenoxy) is 2. The van der Waals surface area contributed by atoms with Crippen molar-refractivity contribution in [3.05, 3.63) is 44.8 Å². The Morgan fingerprint density at radius 3 is 2.81 bits per heavy atom. The number of benzene rings is 1. The summed E-state index contributed by atoms with van der Waals surface area (Å²) < 4.78 is 17.0. The average molecular weight is 418 g/mol. The molecule has 26 heavy (non-hydrogen) atoms. The zero-order chi connectivity index (χ0) is 18.8. The van der Waals surface area contributed by atoms with E-state index in [1.165, 1.54) is 12.1 Å². The van der Waals surface area contributed by atoms with Crippen molar-refractivity contribution in [3.8, 4) is 17.6 Å². The summed E-state index contributed by atoms with van der Waals surface area (Å²) in [6.07, 6.45) is 1.79. The monoisotopic (exact) mass is 417 g/mol. The van der Waals surface area contributed by atoms with Crippen molar-refractivity contribution >= 4 is 27.7 Å². The molecule has 3 rings (SSSR count). The van der Waals surface area contributed by atoms with E-state index in [9.17, 15) is 9.59 Å². The highest BCUT2D eigenvalue weighted by molar-refractivity contribution is 9.10. The first-order valence-corrected chi connectivity index (χ1v) is 8.99. The van der Waals surface area contributed by atoms with Crippen molar-refractivity contribution < 1.29 is 23.5 Å². The van der Waals surface area contributed by atoms with Crippen molar-refractivity contribution in [3.63, 3.8) is 0 Å². The zero-order valence-electron chi connectivity index (χ0n) is 14.3. The van der Waals surface area contributed by atoms with Crippen LogP contribution in [-0.4, -0.2) is 18.4 Å². The van der Waals surface area contributed by atoms with Crippen LogP contribution in [0.5, 0.6) is 11.5 Å². The molecule has 0 N–H and O–H groups in total. The highest BCUT2D eigenvalue weighted by atomic mass is 79.9. The average Bonchev–Trinajstić information content (AvgIpc) is 2.96. The van der Waals surface area contributed by atoms with Gasteiger partial charge in [-0.1, -0.05) is 0 Å². The first kappa shape index (κ1) is 18.2. The Morgan fingerprint density at radius 2 is 2.15 bits per heavy atom. The van der Waals surface area contributed by atoms with E-state index in [1.54, 1.807) is 13.8 Å². The number of hydrogen-bond donors (Lipinski definition) is 0. The summed E-state index contributed by atoms with van der Waals surface area (Å²) in [5.41, 5.74) is 1.36. The minimum atomic E-state index is -0.712. The maximum absolute atomic E-state index is 12.7. The van der Waals surface area contributed by atoms with Crippen LogP contribution >= 0.6 is 15.9 Å². The van der Waals surface area contributed by atoms with E-state index in [4.69, 9.17) is 19.2 Å². The third-order valence-corrected chi connectivity index (χ3v) is 4.71. The summed E-state index contributed by atoms with van der Waals surface area (Å²) in [5, 5.41) is 9.08. The number of carbonyl (C=O) groups excluding carboxylic acids is 2. The number of hydrogen-bond acceptors (Lipinski definition) is 6. The van der Waals surface area contributed by atoms with Gasteiger partial charge in [0.05, 0.1) is 28.3 Å². The fourth-order valence-electron chi connectivity index (χ4n) is 2.98. The van der Waals surface area contributed by atoms with E-state index < -0.39 is 5.97 Å². The molecule has 0 unspecified atom stereocenters. The minimum Gasteiger partial charge on any atom is -0.490 e. The Hall–Kier alpha value is -2.59. The van der Waals surface area contributed by atoms with E-state index in [0.29, 0.717) is 52.8 Å². The molecule has 0 aliphatic heterocycles. The lowest BCUT2D eigenvalue weighted by Gasteiger charge is -2.12. The number of halogens is 1. The number of furan rings is 1. The third-order valence-electron chi connectivity index (χ3n) is 4.12. The van der Waals surface area contributed by atoms with Gasteiger partial charge in [-0.15, -0.1) is 0 Å². The van der Waals surface area contributed by atoms with Gasteiger partial charge >= 0.3 is 5.97 Å². The van der Waals surface area contributed by atoms with Crippen LogP contribution in [0.3, 0.4) is 0 Å². The fraction of sp³-hybridized carbons (Fsp3) is 0.316. The van der Waals surface area contributed by atoms with Crippen molar-refractivity contribution in [1.29, 1.82) is 5.26 Å². The van der Waals surface area contributed by atoms with E-state index in [1.807, 2.05) is 6.07 Å². The molecule has 1 heterocycles. The predicted molar refractivity (Wildman–Crippen MR) is 95.7 cm³/mol. The van der Waals surface area contributed by atoms with Gasteiger partial charge in [0.15, 0.2) is 17.3 Å². The molecule has 1 aliphatic carbocycles. The summed E-state index contributed by atoms with van der Waals surface area (Å²) in [6, 6.07) is 5.06. The molecular formula is C19H16BrNO5. The molecule has 0 bridgehead atoms. The summed E-state index contributed by atoms with van der Waals surface area (Å²) in [7, 11) is 0. The second-order valence-electron chi connectivity index (χ2n) is 5.85. The molecule has 134 valence electrons. The number of carbonyl (C=O) groups is 2. The Kier molecular flexibility index (Phi) is 5.14. The van der Waals surface area contributed by atoms with E-state index >= 15 is 0 Å². The van der Waals surface area contributed by atoms with Gasteiger partial charge in [0.1, 0.15) is 5.76 Å². The molecule has 0 atom stereocenters. The number of Topliss-reactive ketones (excluding diaryl/α,β-unsaturated/α-hetero) is 1. The number of aryl methyl sites for hydroxylation is 1. The Morgan fingerprint density at radius 1 is 1.38 bits per heavy atom. The smallest absolute Gasteiger partial charge is 0.380 e. The van der Waals surface area contributed by atoms with Crippen molar-refractivity contribution in [2.45, 2.75) is 33.1 Å². The highest BCUT2D eigenvalue weighted by Crippen LogP contribution is 2.38. The van der Waals surface area contributed by atoms with Gasteiger partial charge < -0.3 is 13.9 Å². The predicted octanol–water partition coefficient (Wildman–Crippen LogP) is 4.36. The molecule has 1 aromatic heterocycles. The quantitative estimate of drug-likeness (QED) is 0.542. The van der Waals surface area contributed by atoms with Gasteiger partial charge in [-0.05, 0) is 42.3 Å². The highest BCUT2D eigenvalue weighted by Gasteiger charge is 2.30. The number of fused-ring (bicyclic) bond motifs is 1. The van der Waals surface area contributed by atoms with E-state index in [-0.39, 0.29) is 23.0 Å². The molecule has 1 aliphatic rings. The number of ketones is 1. The standard InChI is InChI=1S/C19H16BrNO5/c1-3-24-15-8-11(9-21)7-12(20)18(15)26-19(23)17-10(2)16-13(22)5-4-6-14(16)25-17/h7-8H,3-6H2,1-2H3. The maximum atomic E-state index is 12.7. The summed E-state index contributed by atoms with van der Waals surface area (Å²) in [6.45, 7) is 3.81. The van der Waals surface area contributed by atoms with Gasteiger partial charge in [0.25, 0.3) is 0 Å². The number of esters is 1. The Balaban J connectivity index is 1.97. The van der Waals surface area contributed by atoms with Crippen molar-refractivity contribution in [1.82, 2.24) is 0 Å². The van der Waals surface area contributed by atoms with Crippen LogP contribution in [0.2, 0.25) is 0 Å². The van der Waals surface area contributed by atoms with Gasteiger partial charge in [-0.2, -0.15) is 5.26 Å². The second-order valence-corrected chi connectivity index (χ2v) is 6.71. The third kappa shape index (κ3) is 3.25. The lowest BCUT2D eigenvalue weighted by molar-refractivity contribution is 0.0690. The lowest BCUT2D eigenvalue weighted by Crippen LogP contribution is -2.12. The largest absolute Gasteiger partial charge is 0.490 e. The second kappa shape index (κ2) is 7.34. The molecule has 1 aromatic carbocycles. The molecular weight excluding hydrogens is 402 g/mol. The molecule has 0 spiro atoms. The molecule has 0 saturated carbocycles. The number of nitrogens with zero attached hydrogens (tertiary/aromatic N) is 1. The normalized spacial score (nSPS) is 13.1. The summed E-state index contributed by atoms with van der Waals surface area (Å²) >= 11 is 3.30. The summed E-state index contributed by atoms with van der Waals surface area (Å²) in [4.78, 5) is 24.7. The van der Waals surface area contributed by atoms with E-state index in [2.05, 4.69) is 15.9 Å². The topological polar surface area (TPSA) is 89.5 Å².